The SMILES string of the molecule is O=C(CCn1ccccc1=O)N1CCC(OCCO)CC1. The zero-order valence-corrected chi connectivity index (χ0v) is 12.1. The van der Waals surface area contributed by atoms with E-state index in [2.05, 4.69) is 0 Å². The minimum atomic E-state index is -0.0820. The first kappa shape index (κ1) is 15.7. The lowest BCUT2D eigenvalue weighted by Crippen LogP contribution is -2.41. The van der Waals surface area contributed by atoms with Gasteiger partial charge >= 0.3 is 0 Å². The minimum absolute atomic E-state index is 0.0327. The van der Waals surface area contributed by atoms with Gasteiger partial charge in [0.2, 0.25) is 5.91 Å². The molecule has 0 spiro atoms. The van der Waals surface area contributed by atoms with E-state index in [1.807, 2.05) is 4.90 Å². The van der Waals surface area contributed by atoms with Gasteiger partial charge < -0.3 is 19.3 Å². The van der Waals surface area contributed by atoms with E-state index < -0.39 is 0 Å². The Hall–Kier alpha value is -1.66. The zero-order valence-electron chi connectivity index (χ0n) is 12.1. The Kier molecular flexibility index (Phi) is 5.95. The van der Waals surface area contributed by atoms with E-state index in [0.29, 0.717) is 32.7 Å². The molecule has 1 aromatic heterocycles. The van der Waals surface area contributed by atoms with Gasteiger partial charge in [-0.25, -0.2) is 0 Å². The molecule has 1 aliphatic rings. The van der Waals surface area contributed by atoms with Gasteiger partial charge in [-0.2, -0.15) is 0 Å². The van der Waals surface area contributed by atoms with E-state index in [1.165, 1.54) is 6.07 Å². The summed E-state index contributed by atoms with van der Waals surface area (Å²) in [5.41, 5.74) is -0.0820. The third kappa shape index (κ3) is 4.68. The van der Waals surface area contributed by atoms with Gasteiger partial charge in [-0.05, 0) is 18.9 Å². The van der Waals surface area contributed by atoms with Crippen LogP contribution in [0.2, 0.25) is 0 Å². The van der Waals surface area contributed by atoms with Crippen molar-refractivity contribution in [2.75, 3.05) is 26.3 Å². The van der Waals surface area contributed by atoms with Crippen LogP contribution in [0.1, 0.15) is 19.3 Å². The standard InChI is InChI=1S/C15H22N2O4/c18-11-12-21-13-4-8-17(9-5-13)15(20)6-10-16-7-2-1-3-14(16)19/h1-3,7,13,18H,4-6,8-12H2. The van der Waals surface area contributed by atoms with Crippen molar-refractivity contribution in [1.29, 1.82) is 0 Å². The van der Waals surface area contributed by atoms with E-state index >= 15 is 0 Å². The Morgan fingerprint density at radius 2 is 2.10 bits per heavy atom. The van der Waals surface area contributed by atoms with Gasteiger partial charge in [-0.15, -0.1) is 0 Å². The fraction of sp³-hybridized carbons (Fsp3) is 0.600. The molecule has 0 aromatic carbocycles. The highest BCUT2D eigenvalue weighted by atomic mass is 16.5. The summed E-state index contributed by atoms with van der Waals surface area (Å²) in [6, 6.07) is 4.97. The highest BCUT2D eigenvalue weighted by Crippen LogP contribution is 2.14. The normalized spacial score (nSPS) is 16.1. The molecule has 1 aromatic rings. The van der Waals surface area contributed by atoms with E-state index in [4.69, 9.17) is 9.84 Å². The molecule has 0 bridgehead atoms. The van der Waals surface area contributed by atoms with Crippen LogP contribution in [0.15, 0.2) is 29.2 Å². The molecule has 0 saturated carbocycles. The summed E-state index contributed by atoms with van der Waals surface area (Å²) in [7, 11) is 0. The van der Waals surface area contributed by atoms with Crippen LogP contribution in [0.3, 0.4) is 0 Å². The topological polar surface area (TPSA) is 71.8 Å². The van der Waals surface area contributed by atoms with Crippen molar-refractivity contribution in [3.8, 4) is 0 Å². The minimum Gasteiger partial charge on any atom is -0.394 e. The number of amides is 1. The number of pyridine rings is 1. The van der Waals surface area contributed by atoms with Crippen molar-refractivity contribution >= 4 is 5.91 Å². The molecule has 2 heterocycles. The fourth-order valence-corrected chi connectivity index (χ4v) is 2.51. The summed E-state index contributed by atoms with van der Waals surface area (Å²) in [5.74, 6) is 0.0753. The summed E-state index contributed by atoms with van der Waals surface area (Å²) in [4.78, 5) is 25.5. The number of carbonyl (C=O) groups excluding carboxylic acids is 1. The van der Waals surface area contributed by atoms with Crippen molar-refractivity contribution in [3.63, 3.8) is 0 Å². The lowest BCUT2D eigenvalue weighted by atomic mass is 10.1. The molecule has 116 valence electrons. The Balaban J connectivity index is 1.75. The number of likely N-dealkylation sites (tertiary alicyclic amines) is 1. The molecule has 0 unspecified atom stereocenters. The predicted octanol–water partition coefficient (Wildman–Crippen LogP) is 0.238. The van der Waals surface area contributed by atoms with Crippen molar-refractivity contribution < 1.29 is 14.6 Å². The average molecular weight is 294 g/mol. The lowest BCUT2D eigenvalue weighted by Gasteiger charge is -2.32. The third-order valence-electron chi connectivity index (χ3n) is 3.71. The van der Waals surface area contributed by atoms with Gasteiger partial charge in [0.1, 0.15) is 0 Å². The number of hydrogen-bond donors (Lipinski definition) is 1. The monoisotopic (exact) mass is 294 g/mol. The number of aliphatic hydroxyl groups is 1. The van der Waals surface area contributed by atoms with E-state index in [-0.39, 0.29) is 24.2 Å². The van der Waals surface area contributed by atoms with Crippen molar-refractivity contribution in [1.82, 2.24) is 9.47 Å². The first-order valence-electron chi connectivity index (χ1n) is 7.36. The molecule has 1 fully saturated rings. The second kappa shape index (κ2) is 7.95. The molecule has 0 aliphatic carbocycles. The van der Waals surface area contributed by atoms with Crippen LogP contribution >= 0.6 is 0 Å². The fourth-order valence-electron chi connectivity index (χ4n) is 2.51. The maximum absolute atomic E-state index is 12.1. The number of piperidine rings is 1. The molecule has 1 N–H and O–H groups in total. The molecule has 6 nitrogen and oxygen atoms in total. The van der Waals surface area contributed by atoms with Crippen molar-refractivity contribution in [3.05, 3.63) is 34.7 Å². The number of carbonyl (C=O) groups is 1. The van der Waals surface area contributed by atoms with Gasteiger partial charge in [-0.3, -0.25) is 9.59 Å². The lowest BCUT2D eigenvalue weighted by molar-refractivity contribution is -0.134. The molecule has 1 amide bonds. The maximum atomic E-state index is 12.1. The summed E-state index contributed by atoms with van der Waals surface area (Å²) in [5, 5.41) is 8.72. The average Bonchev–Trinajstić information content (AvgIpc) is 2.52. The van der Waals surface area contributed by atoms with Gasteiger partial charge in [0, 0.05) is 38.3 Å². The quantitative estimate of drug-likeness (QED) is 0.816. The van der Waals surface area contributed by atoms with E-state index in [9.17, 15) is 9.59 Å². The number of nitrogens with zero attached hydrogens (tertiary/aromatic N) is 2. The second-order valence-electron chi connectivity index (χ2n) is 5.16. The number of ether oxygens (including phenoxy) is 1. The van der Waals surface area contributed by atoms with Crippen LogP contribution < -0.4 is 5.56 Å². The third-order valence-corrected chi connectivity index (χ3v) is 3.71. The summed E-state index contributed by atoms with van der Waals surface area (Å²) >= 11 is 0. The largest absolute Gasteiger partial charge is 0.394 e. The van der Waals surface area contributed by atoms with Gasteiger partial charge in [0.25, 0.3) is 5.56 Å². The smallest absolute Gasteiger partial charge is 0.250 e. The molecular weight excluding hydrogens is 272 g/mol. The first-order chi connectivity index (χ1) is 10.2. The van der Waals surface area contributed by atoms with Crippen LogP contribution in [0.4, 0.5) is 0 Å². The van der Waals surface area contributed by atoms with Crippen LogP contribution in [-0.2, 0) is 16.1 Å². The summed E-state index contributed by atoms with van der Waals surface area (Å²) < 4.78 is 7.02. The molecule has 6 heteroatoms. The maximum Gasteiger partial charge on any atom is 0.250 e. The molecule has 0 radical (unpaired) electrons. The van der Waals surface area contributed by atoms with Gasteiger partial charge in [0.15, 0.2) is 0 Å². The molecule has 21 heavy (non-hydrogen) atoms. The van der Waals surface area contributed by atoms with Crippen molar-refractivity contribution in [2.24, 2.45) is 0 Å². The number of aryl methyl sites for hydroxylation is 1. The van der Waals surface area contributed by atoms with Crippen LogP contribution in [0, 0.1) is 0 Å². The molecule has 0 atom stereocenters. The number of rotatable bonds is 6. The van der Waals surface area contributed by atoms with Crippen LogP contribution in [0.5, 0.6) is 0 Å². The molecular formula is C15H22N2O4. The van der Waals surface area contributed by atoms with Crippen molar-refractivity contribution in [2.45, 2.75) is 31.9 Å². The molecule has 1 aliphatic heterocycles. The first-order valence-corrected chi connectivity index (χ1v) is 7.36. The predicted molar refractivity (Wildman–Crippen MR) is 78.0 cm³/mol. The molecule has 2 rings (SSSR count). The Labute approximate surface area is 123 Å². The summed E-state index contributed by atoms with van der Waals surface area (Å²) in [6.45, 7) is 2.16. The van der Waals surface area contributed by atoms with Crippen LogP contribution in [0.25, 0.3) is 0 Å². The number of hydrogen-bond acceptors (Lipinski definition) is 4. The highest BCUT2D eigenvalue weighted by Gasteiger charge is 2.22. The number of aromatic nitrogens is 1. The summed E-state index contributed by atoms with van der Waals surface area (Å²) in [6.07, 6.45) is 3.78. The Bertz CT molecular complexity index is 506. The van der Waals surface area contributed by atoms with E-state index in [0.717, 1.165) is 12.8 Å². The Morgan fingerprint density at radius 1 is 1.33 bits per heavy atom. The number of aliphatic hydroxyl groups excluding tert-OH is 1. The second-order valence-corrected chi connectivity index (χ2v) is 5.16. The molecule has 1 saturated heterocycles. The zero-order chi connectivity index (χ0) is 15.1. The van der Waals surface area contributed by atoms with Gasteiger partial charge in [0.05, 0.1) is 19.3 Å². The van der Waals surface area contributed by atoms with E-state index in [1.54, 1.807) is 22.9 Å². The Morgan fingerprint density at radius 3 is 2.76 bits per heavy atom. The van der Waals surface area contributed by atoms with Gasteiger partial charge in [-0.1, -0.05) is 6.07 Å². The highest BCUT2D eigenvalue weighted by molar-refractivity contribution is 5.76. The van der Waals surface area contributed by atoms with Crippen LogP contribution in [-0.4, -0.2) is 52.9 Å².